The van der Waals surface area contributed by atoms with Crippen LogP contribution in [0, 0.1) is 5.92 Å². The van der Waals surface area contributed by atoms with Crippen molar-refractivity contribution in [2.24, 2.45) is 5.92 Å². The Bertz CT molecular complexity index is 854. The lowest BCUT2D eigenvalue weighted by atomic mass is 9.94. The van der Waals surface area contributed by atoms with E-state index in [9.17, 15) is 19.8 Å². The van der Waals surface area contributed by atoms with Crippen LogP contribution in [-0.2, 0) is 4.74 Å². The zero-order valence-electron chi connectivity index (χ0n) is 15.4. The number of phenols is 1. The van der Waals surface area contributed by atoms with Crippen molar-refractivity contribution in [2.45, 2.75) is 26.4 Å². The SMILES string of the molecule is CC(=O)c1ccc(NC(=O)O[C@@H](c2cc(Br)cc(Br)c2O)[C@@H](C)CCO)cc1. The van der Waals surface area contributed by atoms with Gasteiger partial charge in [0.15, 0.2) is 5.78 Å². The molecule has 0 bridgehead atoms. The molecule has 0 spiro atoms. The van der Waals surface area contributed by atoms with Crippen LogP contribution in [0.4, 0.5) is 10.5 Å². The van der Waals surface area contributed by atoms with Crippen molar-refractivity contribution in [2.75, 3.05) is 11.9 Å². The van der Waals surface area contributed by atoms with Crippen molar-refractivity contribution in [3.8, 4) is 5.75 Å². The van der Waals surface area contributed by atoms with E-state index >= 15 is 0 Å². The molecule has 0 saturated heterocycles. The molecule has 0 aliphatic rings. The third-order valence-corrected chi connectivity index (χ3v) is 5.30. The molecule has 0 unspecified atom stereocenters. The fourth-order valence-electron chi connectivity index (χ4n) is 2.69. The van der Waals surface area contributed by atoms with E-state index < -0.39 is 12.2 Å². The summed E-state index contributed by atoms with van der Waals surface area (Å²) in [4.78, 5) is 23.8. The van der Waals surface area contributed by atoms with Crippen LogP contribution in [0.1, 0.15) is 42.3 Å². The molecule has 2 aromatic carbocycles. The zero-order valence-corrected chi connectivity index (χ0v) is 18.6. The first-order chi connectivity index (χ1) is 13.2. The Morgan fingerprint density at radius 2 is 1.82 bits per heavy atom. The molecule has 0 aliphatic carbocycles. The van der Waals surface area contributed by atoms with E-state index in [0.29, 0.717) is 32.2 Å². The van der Waals surface area contributed by atoms with Crippen molar-refractivity contribution >= 4 is 49.4 Å². The molecule has 2 atom stereocenters. The van der Waals surface area contributed by atoms with Crippen molar-refractivity contribution < 1.29 is 24.5 Å². The summed E-state index contributed by atoms with van der Waals surface area (Å²) in [6.07, 6.45) is -1.10. The maximum Gasteiger partial charge on any atom is 0.412 e. The summed E-state index contributed by atoms with van der Waals surface area (Å²) in [6.45, 7) is 3.21. The second kappa shape index (κ2) is 10.0. The Labute approximate surface area is 180 Å². The molecule has 3 N–H and O–H groups in total. The predicted octanol–water partition coefficient (Wildman–Crippen LogP) is 5.43. The van der Waals surface area contributed by atoms with Crippen molar-refractivity contribution in [1.29, 1.82) is 0 Å². The van der Waals surface area contributed by atoms with Crippen LogP contribution in [0.3, 0.4) is 0 Å². The first-order valence-corrected chi connectivity index (χ1v) is 10.2. The van der Waals surface area contributed by atoms with Gasteiger partial charge in [0.25, 0.3) is 0 Å². The predicted molar refractivity (Wildman–Crippen MR) is 114 cm³/mol. The highest BCUT2D eigenvalue weighted by Crippen LogP contribution is 2.40. The lowest BCUT2D eigenvalue weighted by Crippen LogP contribution is -2.22. The van der Waals surface area contributed by atoms with Gasteiger partial charge < -0.3 is 14.9 Å². The number of carbonyl (C=O) groups excluding carboxylic acids is 2. The zero-order chi connectivity index (χ0) is 20.8. The number of aliphatic hydroxyl groups excluding tert-OH is 1. The number of aliphatic hydroxyl groups is 1. The molecule has 2 rings (SSSR count). The van der Waals surface area contributed by atoms with Crippen LogP contribution < -0.4 is 5.32 Å². The van der Waals surface area contributed by atoms with Gasteiger partial charge in [-0.1, -0.05) is 22.9 Å². The maximum absolute atomic E-state index is 12.4. The number of aromatic hydroxyl groups is 1. The van der Waals surface area contributed by atoms with Gasteiger partial charge in [0.05, 0.1) is 4.47 Å². The number of carbonyl (C=O) groups is 2. The summed E-state index contributed by atoms with van der Waals surface area (Å²) >= 11 is 6.65. The van der Waals surface area contributed by atoms with E-state index in [1.165, 1.54) is 6.92 Å². The normalized spacial score (nSPS) is 12.9. The average Bonchev–Trinajstić information content (AvgIpc) is 2.63. The van der Waals surface area contributed by atoms with Gasteiger partial charge in [-0.05, 0) is 71.6 Å². The molecule has 0 saturated carbocycles. The summed E-state index contributed by atoms with van der Waals surface area (Å²) in [5.74, 6) is -0.345. The number of hydrogen-bond donors (Lipinski definition) is 3. The first-order valence-electron chi connectivity index (χ1n) is 8.60. The summed E-state index contributed by atoms with van der Waals surface area (Å²) in [5.41, 5.74) is 1.43. The molecule has 0 radical (unpaired) electrons. The average molecular weight is 515 g/mol. The lowest BCUT2D eigenvalue weighted by Gasteiger charge is -2.25. The number of halogens is 2. The van der Waals surface area contributed by atoms with E-state index in [4.69, 9.17) is 4.74 Å². The topological polar surface area (TPSA) is 95.9 Å². The van der Waals surface area contributed by atoms with E-state index in [1.54, 1.807) is 36.4 Å². The third-order valence-electron chi connectivity index (χ3n) is 4.24. The van der Waals surface area contributed by atoms with Crippen LogP contribution >= 0.6 is 31.9 Å². The fraction of sp³-hybridized carbons (Fsp3) is 0.300. The van der Waals surface area contributed by atoms with Crippen LogP contribution in [0.15, 0.2) is 45.3 Å². The number of nitrogens with one attached hydrogen (secondary N) is 1. The van der Waals surface area contributed by atoms with Crippen molar-refractivity contribution in [3.63, 3.8) is 0 Å². The smallest absolute Gasteiger partial charge is 0.412 e. The van der Waals surface area contributed by atoms with Gasteiger partial charge >= 0.3 is 6.09 Å². The number of ether oxygens (including phenoxy) is 1. The van der Waals surface area contributed by atoms with Gasteiger partial charge in [-0.2, -0.15) is 0 Å². The largest absolute Gasteiger partial charge is 0.506 e. The number of phenolic OH excluding ortho intramolecular Hbond substituents is 1. The van der Waals surface area contributed by atoms with Gasteiger partial charge in [-0.25, -0.2) is 4.79 Å². The maximum atomic E-state index is 12.4. The number of hydrogen-bond acceptors (Lipinski definition) is 5. The lowest BCUT2D eigenvalue weighted by molar-refractivity contribution is 0.0651. The second-order valence-corrected chi connectivity index (χ2v) is 8.17. The highest BCUT2D eigenvalue weighted by molar-refractivity contribution is 9.11. The molecule has 0 fully saturated rings. The summed E-state index contributed by atoms with van der Waals surface area (Å²) < 4.78 is 6.76. The van der Waals surface area contributed by atoms with E-state index in [-0.39, 0.29) is 24.1 Å². The highest BCUT2D eigenvalue weighted by atomic mass is 79.9. The number of Topliss-reactive ketones (excluding diaryl/α,β-unsaturated/α-hetero) is 1. The molecule has 6 nitrogen and oxygen atoms in total. The van der Waals surface area contributed by atoms with Crippen molar-refractivity contribution in [1.82, 2.24) is 0 Å². The fourth-order valence-corrected chi connectivity index (χ4v) is 3.95. The number of benzene rings is 2. The van der Waals surface area contributed by atoms with Crippen LogP contribution in [0.2, 0.25) is 0 Å². The summed E-state index contributed by atoms with van der Waals surface area (Å²) in [5, 5.41) is 22.3. The molecule has 0 aliphatic heterocycles. The van der Waals surface area contributed by atoms with Gasteiger partial charge in [-0.15, -0.1) is 0 Å². The van der Waals surface area contributed by atoms with Crippen LogP contribution in [0.25, 0.3) is 0 Å². The molecule has 150 valence electrons. The van der Waals surface area contributed by atoms with Gasteiger partial charge in [0.2, 0.25) is 0 Å². The van der Waals surface area contributed by atoms with Crippen LogP contribution in [0.5, 0.6) is 5.75 Å². The summed E-state index contributed by atoms with van der Waals surface area (Å²) in [6, 6.07) is 9.80. The van der Waals surface area contributed by atoms with E-state index in [0.717, 1.165) is 0 Å². The number of ketones is 1. The summed E-state index contributed by atoms with van der Waals surface area (Å²) in [7, 11) is 0. The molecule has 0 heterocycles. The van der Waals surface area contributed by atoms with Gasteiger partial charge in [0.1, 0.15) is 11.9 Å². The minimum atomic E-state index is -0.780. The highest BCUT2D eigenvalue weighted by Gasteiger charge is 2.27. The monoisotopic (exact) mass is 513 g/mol. The standard InChI is InChI=1S/C20H21Br2NO5/c1-11(7-8-24)19(16-9-14(21)10-17(22)18(16)26)28-20(27)23-15-5-3-13(4-6-15)12(2)25/h3-6,9-11,19,24,26H,7-8H2,1-2H3,(H,23,27)/t11-,19+/m0/s1. The number of anilines is 1. The van der Waals surface area contributed by atoms with Gasteiger partial charge in [-0.3, -0.25) is 10.1 Å². The van der Waals surface area contributed by atoms with Gasteiger partial charge in [0, 0.05) is 27.9 Å². The Hall–Kier alpha value is -1.90. The third kappa shape index (κ3) is 5.80. The Morgan fingerprint density at radius 3 is 2.39 bits per heavy atom. The molecule has 2 aromatic rings. The molecule has 1 amide bonds. The minimum Gasteiger partial charge on any atom is -0.506 e. The molecule has 0 aromatic heterocycles. The number of rotatable bonds is 7. The molecular weight excluding hydrogens is 494 g/mol. The Morgan fingerprint density at radius 1 is 1.18 bits per heavy atom. The quantitative estimate of drug-likeness (QED) is 0.428. The van der Waals surface area contributed by atoms with E-state index in [1.807, 2.05) is 6.92 Å². The number of amides is 1. The minimum absolute atomic E-state index is 0.0309. The molecule has 8 heteroatoms. The Balaban J connectivity index is 2.23. The molecular formula is C20H21Br2NO5. The van der Waals surface area contributed by atoms with Crippen molar-refractivity contribution in [3.05, 3.63) is 56.5 Å². The van der Waals surface area contributed by atoms with E-state index in [2.05, 4.69) is 37.2 Å². The van der Waals surface area contributed by atoms with Crippen LogP contribution in [-0.4, -0.2) is 28.7 Å². The second-order valence-electron chi connectivity index (χ2n) is 6.40. The Kier molecular flexibility index (Phi) is 8.03. The first kappa shape index (κ1) is 22.4. The molecule has 28 heavy (non-hydrogen) atoms.